The molecule has 1 aromatic carbocycles. The minimum atomic E-state index is 0.380. The highest BCUT2D eigenvalue weighted by molar-refractivity contribution is 5.50. The van der Waals surface area contributed by atoms with E-state index < -0.39 is 0 Å². The molecule has 1 heterocycles. The van der Waals surface area contributed by atoms with Crippen LogP contribution in [0.4, 0.5) is 0 Å². The van der Waals surface area contributed by atoms with Crippen LogP contribution in [0.2, 0.25) is 0 Å². The third-order valence-corrected chi connectivity index (χ3v) is 4.06. The van der Waals surface area contributed by atoms with Crippen LogP contribution in [0.25, 0.3) is 0 Å². The molecule has 1 aliphatic rings. The zero-order valence-corrected chi connectivity index (χ0v) is 14.6. The Morgan fingerprint density at radius 2 is 1.65 bits per heavy atom. The average Bonchev–Trinajstić information content (AvgIpc) is 2.59. The molecule has 0 bridgehead atoms. The van der Waals surface area contributed by atoms with Crippen molar-refractivity contribution in [2.45, 2.75) is 19.5 Å². The molecule has 1 fully saturated rings. The standard InChI is InChI=1S/C17H28N2O4/c1-13(12-19-5-7-23-8-6-19)18-11-14-9-16(21-3)17(22-4)10-15(14)20-2/h9-10,13,18H,5-8,11-12H2,1-4H3. The normalized spacial score (nSPS) is 16.9. The van der Waals surface area contributed by atoms with Gasteiger partial charge in [-0.25, -0.2) is 0 Å². The molecule has 0 radical (unpaired) electrons. The molecule has 6 heteroatoms. The molecule has 0 aromatic heterocycles. The molecule has 1 N–H and O–H groups in total. The lowest BCUT2D eigenvalue weighted by atomic mass is 10.1. The Kier molecular flexibility index (Phi) is 6.95. The van der Waals surface area contributed by atoms with E-state index in [1.54, 1.807) is 21.3 Å². The van der Waals surface area contributed by atoms with Gasteiger partial charge in [0, 0.05) is 43.9 Å². The highest BCUT2D eigenvalue weighted by atomic mass is 16.5. The zero-order valence-electron chi connectivity index (χ0n) is 14.6. The first kappa shape index (κ1) is 17.8. The average molecular weight is 324 g/mol. The molecule has 1 atom stereocenters. The van der Waals surface area contributed by atoms with Gasteiger partial charge in [0.2, 0.25) is 0 Å². The number of morpholine rings is 1. The van der Waals surface area contributed by atoms with Gasteiger partial charge in [-0.15, -0.1) is 0 Å². The van der Waals surface area contributed by atoms with Crippen molar-refractivity contribution in [3.8, 4) is 17.2 Å². The fourth-order valence-corrected chi connectivity index (χ4v) is 2.75. The van der Waals surface area contributed by atoms with Crippen LogP contribution >= 0.6 is 0 Å². The van der Waals surface area contributed by atoms with Gasteiger partial charge >= 0.3 is 0 Å². The highest BCUT2D eigenvalue weighted by Gasteiger charge is 2.15. The van der Waals surface area contributed by atoms with Gasteiger partial charge < -0.3 is 24.3 Å². The lowest BCUT2D eigenvalue weighted by Crippen LogP contribution is -2.44. The Labute approximate surface area is 138 Å². The minimum Gasteiger partial charge on any atom is -0.496 e. The summed E-state index contributed by atoms with van der Waals surface area (Å²) in [5.41, 5.74) is 1.05. The number of rotatable bonds is 8. The first-order chi connectivity index (χ1) is 11.2. The largest absolute Gasteiger partial charge is 0.496 e. The molecular formula is C17H28N2O4. The molecule has 0 spiro atoms. The lowest BCUT2D eigenvalue weighted by Gasteiger charge is -2.29. The van der Waals surface area contributed by atoms with E-state index in [2.05, 4.69) is 17.1 Å². The molecule has 1 unspecified atom stereocenters. The van der Waals surface area contributed by atoms with Crippen LogP contribution in [0.1, 0.15) is 12.5 Å². The molecule has 0 amide bonds. The molecule has 130 valence electrons. The van der Waals surface area contributed by atoms with E-state index in [1.807, 2.05) is 12.1 Å². The van der Waals surface area contributed by atoms with Crippen molar-refractivity contribution >= 4 is 0 Å². The van der Waals surface area contributed by atoms with Crippen LogP contribution < -0.4 is 19.5 Å². The first-order valence-corrected chi connectivity index (χ1v) is 8.00. The predicted molar refractivity (Wildman–Crippen MR) is 89.7 cm³/mol. The third-order valence-electron chi connectivity index (χ3n) is 4.06. The van der Waals surface area contributed by atoms with Gasteiger partial charge in [0.05, 0.1) is 34.5 Å². The van der Waals surface area contributed by atoms with Crippen molar-refractivity contribution in [2.24, 2.45) is 0 Å². The Morgan fingerprint density at radius 1 is 1.04 bits per heavy atom. The summed E-state index contributed by atoms with van der Waals surface area (Å²) in [5.74, 6) is 2.19. The van der Waals surface area contributed by atoms with E-state index >= 15 is 0 Å². The van der Waals surface area contributed by atoms with Crippen LogP contribution in [-0.4, -0.2) is 65.1 Å². The van der Waals surface area contributed by atoms with E-state index in [0.29, 0.717) is 17.5 Å². The van der Waals surface area contributed by atoms with Crippen LogP contribution in [0.15, 0.2) is 12.1 Å². The summed E-state index contributed by atoms with van der Waals surface area (Å²) in [5, 5.41) is 3.55. The molecule has 0 aliphatic carbocycles. The second kappa shape index (κ2) is 8.96. The number of methoxy groups -OCH3 is 3. The fourth-order valence-electron chi connectivity index (χ4n) is 2.75. The van der Waals surface area contributed by atoms with Crippen LogP contribution in [0.5, 0.6) is 17.2 Å². The van der Waals surface area contributed by atoms with Crippen molar-refractivity contribution in [2.75, 3.05) is 54.2 Å². The molecule has 6 nitrogen and oxygen atoms in total. The molecule has 1 aromatic rings. The van der Waals surface area contributed by atoms with Gasteiger partial charge in [-0.1, -0.05) is 0 Å². The van der Waals surface area contributed by atoms with Gasteiger partial charge in [0.15, 0.2) is 11.5 Å². The maximum Gasteiger partial charge on any atom is 0.164 e. The first-order valence-electron chi connectivity index (χ1n) is 8.00. The number of hydrogen-bond donors (Lipinski definition) is 1. The van der Waals surface area contributed by atoms with E-state index in [9.17, 15) is 0 Å². The second-order valence-electron chi connectivity index (χ2n) is 5.71. The fraction of sp³-hybridized carbons (Fsp3) is 0.647. The van der Waals surface area contributed by atoms with Crippen LogP contribution in [0.3, 0.4) is 0 Å². The number of nitrogens with one attached hydrogen (secondary N) is 1. The molecule has 1 saturated heterocycles. The second-order valence-corrected chi connectivity index (χ2v) is 5.71. The molecule has 1 aliphatic heterocycles. The number of nitrogens with zero attached hydrogens (tertiary/aromatic N) is 1. The maximum atomic E-state index is 5.47. The van der Waals surface area contributed by atoms with E-state index in [0.717, 1.165) is 50.7 Å². The summed E-state index contributed by atoms with van der Waals surface area (Å²) in [6.45, 7) is 7.60. The van der Waals surface area contributed by atoms with Crippen LogP contribution in [0, 0.1) is 0 Å². The monoisotopic (exact) mass is 324 g/mol. The van der Waals surface area contributed by atoms with Crippen molar-refractivity contribution in [3.05, 3.63) is 17.7 Å². The summed E-state index contributed by atoms with van der Waals surface area (Å²) in [7, 11) is 4.93. The van der Waals surface area contributed by atoms with Crippen molar-refractivity contribution < 1.29 is 18.9 Å². The summed E-state index contributed by atoms with van der Waals surface area (Å²) in [6, 6.07) is 4.21. The van der Waals surface area contributed by atoms with Gasteiger partial charge in [0.1, 0.15) is 5.75 Å². The summed E-state index contributed by atoms with van der Waals surface area (Å²) in [6.07, 6.45) is 0. The summed E-state index contributed by atoms with van der Waals surface area (Å²) >= 11 is 0. The Morgan fingerprint density at radius 3 is 2.26 bits per heavy atom. The maximum absolute atomic E-state index is 5.47. The van der Waals surface area contributed by atoms with Gasteiger partial charge in [0.25, 0.3) is 0 Å². The smallest absolute Gasteiger partial charge is 0.164 e. The van der Waals surface area contributed by atoms with Gasteiger partial charge in [-0.2, -0.15) is 0 Å². The van der Waals surface area contributed by atoms with E-state index in [-0.39, 0.29) is 0 Å². The Bertz CT molecular complexity index is 490. The molecule has 2 rings (SSSR count). The SMILES string of the molecule is COc1cc(OC)c(OC)cc1CNC(C)CN1CCOCC1. The summed E-state index contributed by atoms with van der Waals surface area (Å²) in [4.78, 5) is 2.42. The predicted octanol–water partition coefficient (Wildman–Crippen LogP) is 1.52. The molecule has 23 heavy (non-hydrogen) atoms. The zero-order chi connectivity index (χ0) is 16.7. The molecule has 0 saturated carbocycles. The number of benzene rings is 1. The Hall–Kier alpha value is -1.50. The minimum absolute atomic E-state index is 0.380. The van der Waals surface area contributed by atoms with Crippen molar-refractivity contribution in [1.29, 1.82) is 0 Å². The number of hydrogen-bond acceptors (Lipinski definition) is 6. The van der Waals surface area contributed by atoms with E-state index in [4.69, 9.17) is 18.9 Å². The summed E-state index contributed by atoms with van der Waals surface area (Å²) < 4.78 is 21.5. The topological polar surface area (TPSA) is 52.2 Å². The van der Waals surface area contributed by atoms with Crippen LogP contribution in [-0.2, 0) is 11.3 Å². The van der Waals surface area contributed by atoms with Crippen molar-refractivity contribution in [3.63, 3.8) is 0 Å². The lowest BCUT2D eigenvalue weighted by molar-refractivity contribution is 0.0343. The highest BCUT2D eigenvalue weighted by Crippen LogP contribution is 2.34. The molecular weight excluding hydrogens is 296 g/mol. The third kappa shape index (κ3) is 4.99. The quantitative estimate of drug-likeness (QED) is 0.782. The van der Waals surface area contributed by atoms with Gasteiger partial charge in [-0.3, -0.25) is 4.90 Å². The van der Waals surface area contributed by atoms with Gasteiger partial charge in [-0.05, 0) is 13.0 Å². The van der Waals surface area contributed by atoms with Crippen molar-refractivity contribution in [1.82, 2.24) is 10.2 Å². The Balaban J connectivity index is 1.95. The van der Waals surface area contributed by atoms with E-state index in [1.165, 1.54) is 0 Å². The number of ether oxygens (including phenoxy) is 4.